The number of hydrogen-bond donors (Lipinski definition) is 0. The number of aromatic nitrogens is 1. The first kappa shape index (κ1) is 12.4. The molecule has 1 nitrogen and oxygen atoms in total. The van der Waals surface area contributed by atoms with Crippen LogP contribution in [0.15, 0.2) is 24.5 Å². The Morgan fingerprint density at radius 2 is 1.58 bits per heavy atom. The highest BCUT2D eigenvalue weighted by Crippen LogP contribution is 2.58. The van der Waals surface area contributed by atoms with Gasteiger partial charge in [-0.2, -0.15) is 0 Å². The topological polar surface area (TPSA) is 12.9 Å². The predicted octanol–water partition coefficient (Wildman–Crippen LogP) is 4.46. The lowest BCUT2D eigenvalue weighted by Gasteiger charge is -2.55. The summed E-state index contributed by atoms with van der Waals surface area (Å²) >= 11 is 4.05. The molecule has 1 atom stereocenters. The van der Waals surface area contributed by atoms with Gasteiger partial charge in [-0.1, -0.05) is 15.9 Å². The van der Waals surface area contributed by atoms with Gasteiger partial charge in [0.15, 0.2) is 0 Å². The molecule has 0 N–H and O–H groups in total. The van der Waals surface area contributed by atoms with Crippen LogP contribution >= 0.6 is 15.9 Å². The van der Waals surface area contributed by atoms with E-state index in [2.05, 4.69) is 33.0 Å². The van der Waals surface area contributed by atoms with Gasteiger partial charge in [-0.05, 0) is 85.8 Å². The Morgan fingerprint density at radius 3 is 2.16 bits per heavy atom. The molecule has 1 aromatic rings. The summed E-state index contributed by atoms with van der Waals surface area (Å²) in [7, 11) is 0. The monoisotopic (exact) mass is 319 g/mol. The van der Waals surface area contributed by atoms with Crippen molar-refractivity contribution in [2.75, 3.05) is 0 Å². The first-order chi connectivity index (χ1) is 9.29. The van der Waals surface area contributed by atoms with Crippen LogP contribution < -0.4 is 0 Å². The fraction of sp³-hybridized carbons (Fsp3) is 0.706. The minimum atomic E-state index is 0.671. The summed E-state index contributed by atoms with van der Waals surface area (Å²) in [6.45, 7) is 0. The molecule has 4 saturated carbocycles. The van der Waals surface area contributed by atoms with Crippen molar-refractivity contribution in [3.05, 3.63) is 30.1 Å². The molecule has 19 heavy (non-hydrogen) atoms. The summed E-state index contributed by atoms with van der Waals surface area (Å²) in [6.07, 6.45) is 12.7. The molecule has 0 radical (unpaired) electrons. The molecule has 4 fully saturated rings. The van der Waals surface area contributed by atoms with Gasteiger partial charge in [0.1, 0.15) is 0 Å². The third-order valence-electron chi connectivity index (χ3n) is 5.90. The average molecular weight is 320 g/mol. The van der Waals surface area contributed by atoms with E-state index in [1.807, 2.05) is 12.4 Å². The highest BCUT2D eigenvalue weighted by atomic mass is 79.9. The van der Waals surface area contributed by atoms with Crippen molar-refractivity contribution < 1.29 is 0 Å². The minimum Gasteiger partial charge on any atom is -0.265 e. The van der Waals surface area contributed by atoms with E-state index in [-0.39, 0.29) is 0 Å². The quantitative estimate of drug-likeness (QED) is 0.749. The lowest BCUT2D eigenvalue weighted by atomic mass is 9.51. The molecule has 102 valence electrons. The molecular formula is C17H22BrN. The molecule has 0 aromatic carbocycles. The van der Waals surface area contributed by atoms with Crippen LogP contribution in [0.25, 0.3) is 0 Å². The molecule has 1 heterocycles. The maximum Gasteiger partial charge on any atom is 0.0270 e. The van der Waals surface area contributed by atoms with Crippen molar-refractivity contribution in [1.29, 1.82) is 0 Å². The number of nitrogens with zero attached hydrogens (tertiary/aromatic N) is 1. The minimum absolute atomic E-state index is 0.671. The summed E-state index contributed by atoms with van der Waals surface area (Å²) in [5, 5.41) is 0. The largest absolute Gasteiger partial charge is 0.265 e. The van der Waals surface area contributed by atoms with Gasteiger partial charge in [-0.3, -0.25) is 4.98 Å². The molecule has 4 aliphatic rings. The number of rotatable bonds is 3. The van der Waals surface area contributed by atoms with Gasteiger partial charge >= 0.3 is 0 Å². The molecule has 0 amide bonds. The molecule has 1 aromatic heterocycles. The van der Waals surface area contributed by atoms with Crippen LogP contribution in [0.4, 0.5) is 0 Å². The van der Waals surface area contributed by atoms with Crippen molar-refractivity contribution in [3.8, 4) is 0 Å². The van der Waals surface area contributed by atoms with Crippen molar-refractivity contribution in [3.63, 3.8) is 0 Å². The third-order valence-corrected chi connectivity index (χ3v) is 6.83. The maximum absolute atomic E-state index is 4.12. The first-order valence-corrected chi connectivity index (χ1v) is 8.74. The maximum atomic E-state index is 4.12. The molecule has 4 aliphatic carbocycles. The number of alkyl halides is 1. The molecule has 0 aliphatic heterocycles. The van der Waals surface area contributed by atoms with Gasteiger partial charge in [-0.25, -0.2) is 0 Å². The SMILES string of the molecule is BrC(Cc1ccncc1)C1C2CC3CC(C2)CC1C3. The van der Waals surface area contributed by atoms with E-state index in [1.165, 1.54) is 37.7 Å². The zero-order valence-corrected chi connectivity index (χ0v) is 12.9. The fourth-order valence-corrected chi connectivity index (χ4v) is 6.68. The zero-order valence-electron chi connectivity index (χ0n) is 11.3. The van der Waals surface area contributed by atoms with E-state index >= 15 is 0 Å². The van der Waals surface area contributed by atoms with Crippen LogP contribution in [0.5, 0.6) is 0 Å². The van der Waals surface area contributed by atoms with E-state index in [9.17, 15) is 0 Å². The second kappa shape index (κ2) is 4.87. The van der Waals surface area contributed by atoms with Crippen LogP contribution in [-0.2, 0) is 6.42 Å². The highest BCUT2D eigenvalue weighted by Gasteiger charge is 2.49. The molecule has 0 spiro atoms. The first-order valence-electron chi connectivity index (χ1n) is 7.82. The van der Waals surface area contributed by atoms with Gasteiger partial charge in [-0.15, -0.1) is 0 Å². The van der Waals surface area contributed by atoms with E-state index in [0.29, 0.717) is 4.83 Å². The fourth-order valence-electron chi connectivity index (χ4n) is 5.44. The summed E-state index contributed by atoms with van der Waals surface area (Å²) in [4.78, 5) is 4.79. The summed E-state index contributed by atoms with van der Waals surface area (Å²) < 4.78 is 0. The molecule has 5 rings (SSSR count). The van der Waals surface area contributed by atoms with Crippen molar-refractivity contribution >= 4 is 15.9 Å². The Balaban J connectivity index is 1.50. The number of pyridine rings is 1. The van der Waals surface area contributed by atoms with Gasteiger partial charge in [0, 0.05) is 17.2 Å². The lowest BCUT2D eigenvalue weighted by Crippen LogP contribution is -2.48. The molecule has 1 unspecified atom stereocenters. The Morgan fingerprint density at radius 1 is 1.00 bits per heavy atom. The molecule has 2 heteroatoms. The third kappa shape index (κ3) is 2.26. The van der Waals surface area contributed by atoms with Crippen molar-refractivity contribution in [2.24, 2.45) is 29.6 Å². The van der Waals surface area contributed by atoms with Crippen molar-refractivity contribution in [1.82, 2.24) is 4.98 Å². The van der Waals surface area contributed by atoms with E-state index in [4.69, 9.17) is 0 Å². The summed E-state index contributed by atoms with van der Waals surface area (Å²) in [5.41, 5.74) is 1.44. The normalized spacial score (nSPS) is 41.4. The lowest BCUT2D eigenvalue weighted by molar-refractivity contribution is -0.0360. The standard InChI is InChI=1S/C17H22BrN/c18-16(10-11-1-3-19-4-2-11)17-14-6-12-5-13(8-14)9-15(17)7-12/h1-4,12-17H,5-10H2. The highest BCUT2D eigenvalue weighted by molar-refractivity contribution is 9.09. The number of hydrogen-bond acceptors (Lipinski definition) is 1. The summed E-state index contributed by atoms with van der Waals surface area (Å²) in [5.74, 6) is 5.13. The van der Waals surface area contributed by atoms with Crippen LogP contribution in [0.3, 0.4) is 0 Å². The van der Waals surface area contributed by atoms with E-state index in [1.54, 1.807) is 6.42 Å². The van der Waals surface area contributed by atoms with Crippen LogP contribution in [0.1, 0.15) is 37.7 Å². The zero-order chi connectivity index (χ0) is 12.8. The Hall–Kier alpha value is -0.370. The summed E-state index contributed by atoms with van der Waals surface area (Å²) in [6, 6.07) is 4.34. The van der Waals surface area contributed by atoms with Gasteiger partial charge in [0.05, 0.1) is 0 Å². The number of halogens is 1. The smallest absolute Gasteiger partial charge is 0.0270 e. The molecule has 4 bridgehead atoms. The average Bonchev–Trinajstić information content (AvgIpc) is 2.38. The van der Waals surface area contributed by atoms with E-state index < -0.39 is 0 Å². The molecule has 0 saturated heterocycles. The predicted molar refractivity (Wildman–Crippen MR) is 81.2 cm³/mol. The van der Waals surface area contributed by atoms with Crippen LogP contribution in [0.2, 0.25) is 0 Å². The van der Waals surface area contributed by atoms with Crippen LogP contribution in [0, 0.1) is 29.6 Å². The van der Waals surface area contributed by atoms with Crippen molar-refractivity contribution in [2.45, 2.75) is 43.4 Å². The van der Waals surface area contributed by atoms with Crippen LogP contribution in [-0.4, -0.2) is 9.81 Å². The van der Waals surface area contributed by atoms with Gasteiger partial charge in [0.2, 0.25) is 0 Å². The Kier molecular flexibility index (Phi) is 3.17. The molecular weight excluding hydrogens is 298 g/mol. The Labute approximate surface area is 124 Å². The Bertz CT molecular complexity index is 416. The second-order valence-electron chi connectivity index (χ2n) is 7.08. The van der Waals surface area contributed by atoms with Gasteiger partial charge in [0.25, 0.3) is 0 Å². The second-order valence-corrected chi connectivity index (χ2v) is 8.26. The van der Waals surface area contributed by atoms with E-state index in [0.717, 1.165) is 29.6 Å². The van der Waals surface area contributed by atoms with Gasteiger partial charge < -0.3 is 0 Å².